The third-order valence-corrected chi connectivity index (χ3v) is 0.829. The van der Waals surface area contributed by atoms with Crippen LogP contribution in [0, 0.1) is 12.7 Å². The van der Waals surface area contributed by atoms with Crippen LogP contribution in [0.5, 0.6) is 0 Å². The van der Waals surface area contributed by atoms with Crippen molar-refractivity contribution in [2.24, 2.45) is 0 Å². The average molecular weight is 264 g/mol. The number of aromatic nitrogens is 1. The van der Waals surface area contributed by atoms with E-state index in [2.05, 4.69) is 11.1 Å². The summed E-state index contributed by atoms with van der Waals surface area (Å²) in [6.07, 6.45) is 9.31. The smallest absolute Gasteiger partial charge is 0.0267 e. The average Bonchev–Trinajstić information content (AvgIpc) is 2.25. The molecule has 2 heteroatoms. The fourth-order valence-corrected chi connectivity index (χ4v) is 0.409. The van der Waals surface area contributed by atoms with E-state index >= 15 is 0 Å². The van der Waals surface area contributed by atoms with Gasteiger partial charge >= 0.3 is 0 Å². The van der Waals surface area contributed by atoms with Crippen LogP contribution in [0.2, 0.25) is 0 Å². The molecule has 1 aromatic heterocycles. The number of hydrogen-bond donors (Lipinski definition) is 0. The number of nitrogens with zero attached hydrogens (tertiary/aromatic N) is 1. The van der Waals surface area contributed by atoms with Crippen LogP contribution in [-0.4, -0.2) is 4.98 Å². The van der Waals surface area contributed by atoms with Crippen molar-refractivity contribution in [3.05, 3.63) is 55.4 Å². The minimum Gasteiger partial charge on any atom is -0.394 e. The van der Waals surface area contributed by atoms with Gasteiger partial charge in [0.15, 0.2) is 0 Å². The molecular weight excluding hydrogens is 247 g/mol. The van der Waals surface area contributed by atoms with E-state index in [1.165, 1.54) is 6.08 Å². The first-order chi connectivity index (χ1) is 6.41. The van der Waals surface area contributed by atoms with Crippen molar-refractivity contribution in [2.45, 2.75) is 20.8 Å². The van der Waals surface area contributed by atoms with E-state index in [0.29, 0.717) is 0 Å². The van der Waals surface area contributed by atoms with Gasteiger partial charge in [-0.15, -0.1) is 6.92 Å². The number of pyridine rings is 1. The van der Waals surface area contributed by atoms with Gasteiger partial charge in [-0.3, -0.25) is 4.98 Å². The second-order valence-corrected chi connectivity index (χ2v) is 1.67. The third-order valence-electron chi connectivity index (χ3n) is 0.829. The summed E-state index contributed by atoms with van der Waals surface area (Å²) in [4.78, 5) is 3.78. The van der Waals surface area contributed by atoms with Crippen molar-refractivity contribution >= 4 is 0 Å². The normalized spacial score (nSPS) is 7.07. The molecule has 0 bridgehead atoms. The molecule has 0 amide bonds. The van der Waals surface area contributed by atoms with Gasteiger partial charge in [0.1, 0.15) is 0 Å². The SMILES string of the molecule is CC.[CH-]=CC=[C-]C.[Y].c1ccncc1. The van der Waals surface area contributed by atoms with E-state index < -0.39 is 0 Å². The summed E-state index contributed by atoms with van der Waals surface area (Å²) < 4.78 is 0. The molecule has 0 aliphatic carbocycles. The standard InChI is InChI=1S/C5H5N.C5H6.C2H6.Y/c1-2-4-6-5-3-1;1-3-5-4-2;1-2;/h1-5H;1,3,5H,2H3;1-2H3;/q;-2;;. The molecule has 0 N–H and O–H groups in total. The summed E-state index contributed by atoms with van der Waals surface area (Å²) in [7, 11) is 0. The summed E-state index contributed by atoms with van der Waals surface area (Å²) in [6.45, 7) is 10.7. The Kier molecular flexibility index (Phi) is 31.7. The van der Waals surface area contributed by atoms with E-state index in [-0.39, 0.29) is 32.7 Å². The molecule has 0 spiro atoms. The molecule has 0 aromatic carbocycles. The predicted molar refractivity (Wildman–Crippen MR) is 57.9 cm³/mol. The first kappa shape index (κ1) is 19.3. The minimum atomic E-state index is 0. The molecular formula is C12H17NY-2. The second kappa shape index (κ2) is 23.0. The van der Waals surface area contributed by atoms with Gasteiger partial charge in [-0.2, -0.15) is 0 Å². The van der Waals surface area contributed by atoms with E-state index in [1.54, 1.807) is 25.4 Å². The summed E-state index contributed by atoms with van der Waals surface area (Å²) in [6, 6.07) is 5.72. The maximum absolute atomic E-state index is 4.90. The maximum Gasteiger partial charge on any atom is 0.0267 e. The van der Waals surface area contributed by atoms with Gasteiger partial charge in [0.25, 0.3) is 0 Å². The zero-order chi connectivity index (χ0) is 10.4. The van der Waals surface area contributed by atoms with Gasteiger partial charge < -0.3 is 24.8 Å². The molecule has 0 unspecified atom stereocenters. The third kappa shape index (κ3) is 22.6. The van der Waals surface area contributed by atoms with Crippen LogP contribution in [0.15, 0.2) is 42.7 Å². The van der Waals surface area contributed by atoms with Gasteiger partial charge in [-0.05, 0) is 12.1 Å². The van der Waals surface area contributed by atoms with Crippen molar-refractivity contribution in [2.75, 3.05) is 0 Å². The van der Waals surface area contributed by atoms with Crippen molar-refractivity contribution < 1.29 is 32.7 Å². The maximum atomic E-state index is 4.90. The Hall–Kier alpha value is -0.266. The zero-order valence-corrected chi connectivity index (χ0v) is 12.0. The fraction of sp³-hybridized carbons (Fsp3) is 0.250. The molecule has 1 radical (unpaired) electrons. The van der Waals surface area contributed by atoms with Gasteiger partial charge in [-0.25, -0.2) is 0 Å². The summed E-state index contributed by atoms with van der Waals surface area (Å²) in [5.74, 6) is 0. The monoisotopic (exact) mass is 264 g/mol. The Morgan fingerprint density at radius 1 is 1.14 bits per heavy atom. The molecule has 0 fully saturated rings. The molecule has 1 aromatic rings. The van der Waals surface area contributed by atoms with Gasteiger partial charge in [0.05, 0.1) is 0 Å². The Bertz CT molecular complexity index is 168. The Morgan fingerprint density at radius 3 is 1.71 bits per heavy atom. The van der Waals surface area contributed by atoms with Gasteiger partial charge in [-0.1, -0.05) is 19.9 Å². The molecule has 0 saturated carbocycles. The largest absolute Gasteiger partial charge is 0.394 e. The van der Waals surface area contributed by atoms with E-state index in [1.807, 2.05) is 32.0 Å². The van der Waals surface area contributed by atoms with Crippen LogP contribution in [0.1, 0.15) is 20.8 Å². The number of rotatable bonds is 1. The number of allylic oxidation sites excluding steroid dienone is 3. The first-order valence-corrected chi connectivity index (χ1v) is 4.31. The minimum absolute atomic E-state index is 0. The number of hydrogen-bond acceptors (Lipinski definition) is 1. The van der Waals surface area contributed by atoms with Crippen molar-refractivity contribution in [3.8, 4) is 0 Å². The van der Waals surface area contributed by atoms with E-state index in [9.17, 15) is 0 Å². The van der Waals surface area contributed by atoms with E-state index in [0.717, 1.165) is 0 Å². The quantitative estimate of drug-likeness (QED) is 0.559. The topological polar surface area (TPSA) is 12.9 Å². The fourth-order valence-electron chi connectivity index (χ4n) is 0.409. The second-order valence-electron chi connectivity index (χ2n) is 1.67. The molecule has 0 atom stereocenters. The predicted octanol–water partition coefficient (Wildman–Crippen LogP) is 3.46. The Labute approximate surface area is 113 Å². The van der Waals surface area contributed by atoms with Crippen LogP contribution in [0.25, 0.3) is 0 Å². The molecule has 0 saturated heterocycles. The summed E-state index contributed by atoms with van der Waals surface area (Å²) in [5.41, 5.74) is 0. The first-order valence-electron chi connectivity index (χ1n) is 4.31. The van der Waals surface area contributed by atoms with Crippen LogP contribution in [0.3, 0.4) is 0 Å². The molecule has 0 aliphatic heterocycles. The molecule has 1 nitrogen and oxygen atoms in total. The van der Waals surface area contributed by atoms with Crippen LogP contribution in [-0.2, 0) is 32.7 Å². The van der Waals surface area contributed by atoms with E-state index in [4.69, 9.17) is 6.58 Å². The Balaban J connectivity index is -0.000000141. The molecule has 1 heterocycles. The van der Waals surface area contributed by atoms with Gasteiger partial charge in [0.2, 0.25) is 0 Å². The van der Waals surface area contributed by atoms with Crippen LogP contribution < -0.4 is 0 Å². The van der Waals surface area contributed by atoms with Crippen molar-refractivity contribution in [1.82, 2.24) is 4.98 Å². The molecule has 0 aliphatic rings. The molecule has 75 valence electrons. The summed E-state index contributed by atoms with van der Waals surface area (Å²) >= 11 is 0. The van der Waals surface area contributed by atoms with Gasteiger partial charge in [0, 0.05) is 45.1 Å². The zero-order valence-electron chi connectivity index (χ0n) is 9.14. The van der Waals surface area contributed by atoms with Crippen molar-refractivity contribution in [1.29, 1.82) is 0 Å². The molecule has 14 heavy (non-hydrogen) atoms. The molecule has 1 rings (SSSR count). The Morgan fingerprint density at radius 2 is 1.64 bits per heavy atom. The summed E-state index contributed by atoms with van der Waals surface area (Å²) in [5, 5.41) is 0. The van der Waals surface area contributed by atoms with Crippen molar-refractivity contribution in [3.63, 3.8) is 0 Å². The van der Waals surface area contributed by atoms with Crippen LogP contribution in [0.4, 0.5) is 0 Å². The van der Waals surface area contributed by atoms with Crippen LogP contribution >= 0.6 is 0 Å².